The van der Waals surface area contributed by atoms with Crippen LogP contribution >= 0.6 is 0 Å². The van der Waals surface area contributed by atoms with Gasteiger partial charge in [-0.25, -0.2) is 0 Å². The minimum Gasteiger partial charge on any atom is -0.361 e. The van der Waals surface area contributed by atoms with Crippen LogP contribution < -0.4 is 0 Å². The van der Waals surface area contributed by atoms with Gasteiger partial charge in [0, 0.05) is 35.4 Å². The van der Waals surface area contributed by atoms with Crippen molar-refractivity contribution >= 4 is 21.8 Å². The van der Waals surface area contributed by atoms with E-state index in [0.717, 1.165) is 6.54 Å². The standard InChI is InChI=1S/C11H14N2.C8H7N/c1-13(2)8-9-7-12-11-6-4-3-5-10(9)11;1-2-4-8-7(3-1)5-6-9-8/h3-7,12H,8H2,1-2H3;1-6,9H. The first-order chi connectivity index (χ1) is 10.7. The second-order valence-corrected chi connectivity index (χ2v) is 5.66. The summed E-state index contributed by atoms with van der Waals surface area (Å²) in [6.07, 6.45) is 4.04. The van der Waals surface area contributed by atoms with Gasteiger partial charge in [0.05, 0.1) is 0 Å². The Morgan fingerprint density at radius 3 is 2.32 bits per heavy atom. The summed E-state index contributed by atoms with van der Waals surface area (Å²) >= 11 is 0. The predicted octanol–water partition coefficient (Wildman–Crippen LogP) is 4.40. The van der Waals surface area contributed by atoms with E-state index in [9.17, 15) is 0 Å². The Hall–Kier alpha value is -2.52. The molecular weight excluding hydrogens is 270 g/mol. The molecule has 112 valence electrons. The Morgan fingerprint density at radius 1 is 0.818 bits per heavy atom. The van der Waals surface area contributed by atoms with Crippen LogP contribution in [0.3, 0.4) is 0 Å². The average molecular weight is 291 g/mol. The second-order valence-electron chi connectivity index (χ2n) is 5.66. The van der Waals surface area contributed by atoms with E-state index < -0.39 is 0 Å². The fourth-order valence-electron chi connectivity index (χ4n) is 2.60. The molecule has 0 aliphatic rings. The maximum atomic E-state index is 3.27. The summed E-state index contributed by atoms with van der Waals surface area (Å²) < 4.78 is 0. The lowest BCUT2D eigenvalue weighted by molar-refractivity contribution is 0.404. The van der Waals surface area contributed by atoms with Gasteiger partial charge in [-0.15, -0.1) is 0 Å². The van der Waals surface area contributed by atoms with Crippen molar-refractivity contribution in [2.75, 3.05) is 14.1 Å². The summed E-state index contributed by atoms with van der Waals surface area (Å²) in [5.74, 6) is 0. The smallest absolute Gasteiger partial charge is 0.0457 e. The van der Waals surface area contributed by atoms with E-state index in [-0.39, 0.29) is 0 Å². The molecule has 0 saturated carbocycles. The molecule has 4 rings (SSSR count). The van der Waals surface area contributed by atoms with Gasteiger partial charge in [-0.1, -0.05) is 36.4 Å². The maximum absolute atomic E-state index is 3.27. The molecule has 0 radical (unpaired) electrons. The quantitative estimate of drug-likeness (QED) is 0.564. The van der Waals surface area contributed by atoms with Crippen LogP contribution in [0.25, 0.3) is 21.8 Å². The third-order valence-corrected chi connectivity index (χ3v) is 3.62. The average Bonchev–Trinajstić information content (AvgIpc) is 3.15. The molecule has 2 heterocycles. The van der Waals surface area contributed by atoms with Crippen molar-refractivity contribution in [3.05, 3.63) is 72.6 Å². The van der Waals surface area contributed by atoms with Crippen molar-refractivity contribution < 1.29 is 0 Å². The maximum Gasteiger partial charge on any atom is 0.0457 e. The lowest BCUT2D eigenvalue weighted by atomic mass is 10.2. The Kier molecular flexibility index (Phi) is 4.26. The summed E-state index contributed by atoms with van der Waals surface area (Å²) in [5.41, 5.74) is 3.79. The van der Waals surface area contributed by atoms with Crippen LogP contribution in [0.2, 0.25) is 0 Å². The molecule has 0 fully saturated rings. The number of rotatable bonds is 2. The number of benzene rings is 2. The Bertz CT molecular complexity index is 825. The molecular formula is C19H21N3. The predicted molar refractivity (Wildman–Crippen MR) is 94.0 cm³/mol. The van der Waals surface area contributed by atoms with Gasteiger partial charge in [-0.2, -0.15) is 0 Å². The van der Waals surface area contributed by atoms with E-state index in [1.807, 2.05) is 18.3 Å². The van der Waals surface area contributed by atoms with Crippen LogP contribution in [0.1, 0.15) is 5.56 Å². The molecule has 3 heteroatoms. The molecule has 0 unspecified atom stereocenters. The summed E-state index contributed by atoms with van der Waals surface area (Å²) in [6.45, 7) is 0.990. The third-order valence-electron chi connectivity index (χ3n) is 3.62. The van der Waals surface area contributed by atoms with Gasteiger partial charge in [0.1, 0.15) is 0 Å². The van der Waals surface area contributed by atoms with Crippen LogP contribution in [0.4, 0.5) is 0 Å². The zero-order valence-corrected chi connectivity index (χ0v) is 13.0. The summed E-state index contributed by atoms with van der Waals surface area (Å²) in [6, 6.07) is 18.7. The Morgan fingerprint density at radius 2 is 1.55 bits per heavy atom. The van der Waals surface area contributed by atoms with Crippen LogP contribution in [-0.2, 0) is 6.54 Å². The lowest BCUT2D eigenvalue weighted by Crippen LogP contribution is -2.09. The minimum atomic E-state index is 0.990. The van der Waals surface area contributed by atoms with Crippen molar-refractivity contribution in [2.24, 2.45) is 0 Å². The van der Waals surface area contributed by atoms with Crippen molar-refractivity contribution in [3.63, 3.8) is 0 Å². The molecule has 3 nitrogen and oxygen atoms in total. The number of hydrogen-bond acceptors (Lipinski definition) is 1. The molecule has 2 N–H and O–H groups in total. The molecule has 4 aromatic rings. The summed E-state index contributed by atoms with van der Waals surface area (Å²) in [7, 11) is 4.17. The number of aromatic amines is 2. The van der Waals surface area contributed by atoms with Gasteiger partial charge in [-0.05, 0) is 43.2 Å². The molecule has 0 aliphatic carbocycles. The first kappa shape index (κ1) is 14.4. The largest absolute Gasteiger partial charge is 0.361 e. The number of para-hydroxylation sites is 2. The molecule has 0 bridgehead atoms. The van der Waals surface area contributed by atoms with Gasteiger partial charge in [-0.3, -0.25) is 0 Å². The van der Waals surface area contributed by atoms with Gasteiger partial charge in [0.25, 0.3) is 0 Å². The zero-order chi connectivity index (χ0) is 15.4. The van der Waals surface area contributed by atoms with Crippen LogP contribution in [0.5, 0.6) is 0 Å². The molecule has 0 spiro atoms. The van der Waals surface area contributed by atoms with E-state index in [4.69, 9.17) is 0 Å². The first-order valence-electron chi connectivity index (χ1n) is 7.46. The Balaban J connectivity index is 0.000000139. The summed E-state index contributed by atoms with van der Waals surface area (Å²) in [5, 5.41) is 2.61. The highest BCUT2D eigenvalue weighted by Crippen LogP contribution is 2.18. The van der Waals surface area contributed by atoms with Gasteiger partial charge >= 0.3 is 0 Å². The van der Waals surface area contributed by atoms with Crippen molar-refractivity contribution in [2.45, 2.75) is 6.54 Å². The van der Waals surface area contributed by atoms with E-state index >= 15 is 0 Å². The van der Waals surface area contributed by atoms with Gasteiger partial charge in [0.15, 0.2) is 0 Å². The fourth-order valence-corrected chi connectivity index (χ4v) is 2.60. The normalized spacial score (nSPS) is 10.9. The second kappa shape index (κ2) is 6.50. The molecule has 0 aliphatic heterocycles. The number of aromatic nitrogens is 2. The van der Waals surface area contributed by atoms with Crippen LogP contribution in [0.15, 0.2) is 67.0 Å². The van der Waals surface area contributed by atoms with Crippen LogP contribution in [-0.4, -0.2) is 29.0 Å². The highest BCUT2D eigenvalue weighted by Gasteiger charge is 2.02. The topological polar surface area (TPSA) is 34.8 Å². The highest BCUT2D eigenvalue weighted by molar-refractivity contribution is 5.83. The number of hydrogen-bond donors (Lipinski definition) is 2. The van der Waals surface area contributed by atoms with E-state index in [1.165, 1.54) is 27.4 Å². The van der Waals surface area contributed by atoms with Crippen molar-refractivity contribution in [1.29, 1.82) is 0 Å². The van der Waals surface area contributed by atoms with E-state index in [2.05, 4.69) is 77.6 Å². The zero-order valence-electron chi connectivity index (χ0n) is 13.0. The number of H-pyrrole nitrogens is 2. The number of nitrogens with one attached hydrogen (secondary N) is 2. The molecule has 0 amide bonds. The van der Waals surface area contributed by atoms with E-state index in [0.29, 0.717) is 0 Å². The Labute approximate surface area is 130 Å². The van der Waals surface area contributed by atoms with Crippen molar-refractivity contribution in [1.82, 2.24) is 14.9 Å². The fraction of sp³-hybridized carbons (Fsp3) is 0.158. The molecule has 0 atom stereocenters. The number of nitrogens with zero attached hydrogens (tertiary/aromatic N) is 1. The lowest BCUT2D eigenvalue weighted by Gasteiger charge is -2.07. The van der Waals surface area contributed by atoms with E-state index in [1.54, 1.807) is 0 Å². The van der Waals surface area contributed by atoms with Crippen LogP contribution in [0, 0.1) is 0 Å². The first-order valence-corrected chi connectivity index (χ1v) is 7.46. The molecule has 0 saturated heterocycles. The highest BCUT2D eigenvalue weighted by atomic mass is 15.0. The van der Waals surface area contributed by atoms with Gasteiger partial charge in [0.2, 0.25) is 0 Å². The number of fused-ring (bicyclic) bond motifs is 2. The third kappa shape index (κ3) is 3.21. The minimum absolute atomic E-state index is 0.990. The monoisotopic (exact) mass is 291 g/mol. The summed E-state index contributed by atoms with van der Waals surface area (Å²) in [4.78, 5) is 8.56. The molecule has 2 aromatic heterocycles. The SMILES string of the molecule is CN(C)Cc1c[nH]c2ccccc12.c1ccc2[nH]ccc2c1. The van der Waals surface area contributed by atoms with Gasteiger partial charge < -0.3 is 14.9 Å². The molecule has 2 aromatic carbocycles. The van der Waals surface area contributed by atoms with Crippen molar-refractivity contribution in [3.8, 4) is 0 Å². The molecule has 22 heavy (non-hydrogen) atoms.